The van der Waals surface area contributed by atoms with Gasteiger partial charge in [-0.15, -0.1) is 0 Å². The molecule has 0 bridgehead atoms. The van der Waals surface area contributed by atoms with Crippen LogP contribution in [0.15, 0.2) is 6.20 Å². The summed E-state index contributed by atoms with van der Waals surface area (Å²) >= 11 is 1.90. The van der Waals surface area contributed by atoms with E-state index < -0.39 is 0 Å². The van der Waals surface area contributed by atoms with E-state index in [0.29, 0.717) is 5.92 Å². The predicted molar refractivity (Wildman–Crippen MR) is 76.5 cm³/mol. The molecule has 0 saturated carbocycles. The number of rotatable bonds is 8. The van der Waals surface area contributed by atoms with E-state index in [2.05, 4.69) is 48.3 Å². The number of hydrogen-bond donors (Lipinski definition) is 1. The van der Waals surface area contributed by atoms with Gasteiger partial charge in [-0.2, -0.15) is 16.9 Å². The lowest BCUT2D eigenvalue weighted by atomic mass is 10.2. The summed E-state index contributed by atoms with van der Waals surface area (Å²) in [5, 5.41) is 8.01. The monoisotopic (exact) mass is 255 g/mol. The normalized spacial score (nSPS) is 11.4. The maximum atomic E-state index is 4.55. The molecule has 0 amide bonds. The van der Waals surface area contributed by atoms with E-state index in [0.717, 1.165) is 25.3 Å². The van der Waals surface area contributed by atoms with Crippen molar-refractivity contribution in [1.29, 1.82) is 0 Å². The Balaban J connectivity index is 2.39. The highest BCUT2D eigenvalue weighted by molar-refractivity contribution is 7.98. The van der Waals surface area contributed by atoms with Crippen LogP contribution in [0.25, 0.3) is 0 Å². The second-order valence-electron chi connectivity index (χ2n) is 4.87. The molecule has 1 aromatic rings. The minimum atomic E-state index is 0.701. The zero-order valence-corrected chi connectivity index (χ0v) is 12.3. The summed E-state index contributed by atoms with van der Waals surface area (Å²) in [6, 6.07) is 0. The van der Waals surface area contributed by atoms with Gasteiger partial charge in [0.05, 0.1) is 5.69 Å². The van der Waals surface area contributed by atoms with Gasteiger partial charge in [-0.3, -0.25) is 4.68 Å². The lowest BCUT2D eigenvalue weighted by molar-refractivity contribution is 0.551. The summed E-state index contributed by atoms with van der Waals surface area (Å²) in [5.74, 6) is 1.91. The summed E-state index contributed by atoms with van der Waals surface area (Å²) in [6.45, 7) is 9.59. The maximum absolute atomic E-state index is 4.55. The summed E-state index contributed by atoms with van der Waals surface area (Å²) in [5.41, 5.74) is 2.49. The molecule has 0 atom stereocenters. The average molecular weight is 255 g/mol. The van der Waals surface area contributed by atoms with Crippen LogP contribution in [-0.4, -0.2) is 28.3 Å². The van der Waals surface area contributed by atoms with Gasteiger partial charge in [0.2, 0.25) is 0 Å². The van der Waals surface area contributed by atoms with Gasteiger partial charge in [0.15, 0.2) is 0 Å². The van der Waals surface area contributed by atoms with Crippen molar-refractivity contribution >= 4 is 11.8 Å². The fourth-order valence-corrected chi connectivity index (χ4v) is 2.13. The number of nitrogens with one attached hydrogen (secondary N) is 1. The van der Waals surface area contributed by atoms with Crippen LogP contribution in [0.3, 0.4) is 0 Å². The molecule has 17 heavy (non-hydrogen) atoms. The van der Waals surface area contributed by atoms with E-state index in [1.807, 2.05) is 11.8 Å². The van der Waals surface area contributed by atoms with Gasteiger partial charge < -0.3 is 5.32 Å². The Kier molecular flexibility index (Phi) is 6.66. The summed E-state index contributed by atoms with van der Waals surface area (Å²) in [6.07, 6.45) is 5.53. The molecular formula is C13H25N3S. The average Bonchev–Trinajstić information content (AvgIpc) is 2.60. The number of hydrogen-bond acceptors (Lipinski definition) is 3. The van der Waals surface area contributed by atoms with Crippen LogP contribution >= 0.6 is 11.8 Å². The number of thioether (sulfide) groups is 1. The predicted octanol–water partition coefficient (Wildman–Crippen LogP) is 2.69. The van der Waals surface area contributed by atoms with Gasteiger partial charge in [0.25, 0.3) is 0 Å². The Bertz CT molecular complexity index is 320. The molecule has 0 aliphatic rings. The molecule has 0 spiro atoms. The van der Waals surface area contributed by atoms with Crippen molar-refractivity contribution in [2.24, 2.45) is 5.92 Å². The lowest BCUT2D eigenvalue weighted by Gasteiger charge is -2.05. The third kappa shape index (κ3) is 5.59. The number of nitrogens with zero attached hydrogens (tertiary/aromatic N) is 2. The molecule has 0 aliphatic heterocycles. The molecule has 0 saturated heterocycles. The van der Waals surface area contributed by atoms with Crippen LogP contribution in [0.1, 0.15) is 31.5 Å². The Morgan fingerprint density at radius 2 is 2.24 bits per heavy atom. The SMILES string of the molecule is CSCCCn1cc(CNCC(C)C)c(C)n1. The van der Waals surface area contributed by atoms with Crippen LogP contribution in [-0.2, 0) is 13.1 Å². The van der Waals surface area contributed by atoms with Crippen LogP contribution in [0.2, 0.25) is 0 Å². The van der Waals surface area contributed by atoms with Crippen LogP contribution < -0.4 is 5.32 Å². The van der Waals surface area contributed by atoms with E-state index in [1.54, 1.807) is 0 Å². The fourth-order valence-electron chi connectivity index (χ4n) is 1.71. The standard InChI is InChI=1S/C13H25N3S/c1-11(2)8-14-9-13-10-16(15-12(13)3)6-5-7-17-4/h10-11,14H,5-9H2,1-4H3. The zero-order valence-electron chi connectivity index (χ0n) is 11.5. The molecule has 0 aliphatic carbocycles. The largest absolute Gasteiger partial charge is 0.312 e. The van der Waals surface area contributed by atoms with Gasteiger partial charge in [0.1, 0.15) is 0 Å². The number of aromatic nitrogens is 2. The molecule has 1 aromatic heterocycles. The fraction of sp³-hybridized carbons (Fsp3) is 0.769. The first-order valence-corrected chi connectivity index (χ1v) is 7.75. The molecule has 0 aromatic carbocycles. The molecule has 1 heterocycles. The van der Waals surface area contributed by atoms with Crippen LogP contribution in [0, 0.1) is 12.8 Å². The van der Waals surface area contributed by atoms with Gasteiger partial charge >= 0.3 is 0 Å². The van der Waals surface area contributed by atoms with Gasteiger partial charge in [0, 0.05) is 24.8 Å². The smallest absolute Gasteiger partial charge is 0.0638 e. The first-order chi connectivity index (χ1) is 8.13. The summed E-state index contributed by atoms with van der Waals surface area (Å²) in [7, 11) is 0. The minimum Gasteiger partial charge on any atom is -0.312 e. The molecular weight excluding hydrogens is 230 g/mol. The second kappa shape index (κ2) is 7.77. The maximum Gasteiger partial charge on any atom is 0.0638 e. The third-order valence-corrected chi connectivity index (χ3v) is 3.35. The highest BCUT2D eigenvalue weighted by Gasteiger charge is 2.04. The Morgan fingerprint density at radius 3 is 2.88 bits per heavy atom. The van der Waals surface area contributed by atoms with Crippen molar-refractivity contribution in [3.63, 3.8) is 0 Å². The summed E-state index contributed by atoms with van der Waals surface area (Å²) < 4.78 is 2.08. The minimum absolute atomic E-state index is 0.701. The van der Waals surface area contributed by atoms with Gasteiger partial charge in [-0.05, 0) is 37.8 Å². The zero-order chi connectivity index (χ0) is 12.7. The Hall–Kier alpha value is -0.480. The van der Waals surface area contributed by atoms with E-state index in [1.165, 1.54) is 17.7 Å². The van der Waals surface area contributed by atoms with E-state index >= 15 is 0 Å². The van der Waals surface area contributed by atoms with Crippen molar-refractivity contribution in [2.75, 3.05) is 18.6 Å². The highest BCUT2D eigenvalue weighted by Crippen LogP contribution is 2.07. The van der Waals surface area contributed by atoms with Gasteiger partial charge in [-0.1, -0.05) is 13.8 Å². The van der Waals surface area contributed by atoms with Crippen molar-refractivity contribution in [3.05, 3.63) is 17.5 Å². The Morgan fingerprint density at radius 1 is 1.47 bits per heavy atom. The third-order valence-electron chi connectivity index (χ3n) is 2.65. The first-order valence-electron chi connectivity index (χ1n) is 6.36. The van der Waals surface area contributed by atoms with E-state index in [-0.39, 0.29) is 0 Å². The highest BCUT2D eigenvalue weighted by atomic mass is 32.2. The molecule has 3 nitrogen and oxygen atoms in total. The number of aryl methyl sites for hydroxylation is 2. The first kappa shape index (κ1) is 14.6. The molecule has 0 radical (unpaired) electrons. The summed E-state index contributed by atoms with van der Waals surface area (Å²) in [4.78, 5) is 0. The molecule has 0 unspecified atom stereocenters. The van der Waals surface area contributed by atoms with Gasteiger partial charge in [-0.25, -0.2) is 0 Å². The molecule has 4 heteroatoms. The topological polar surface area (TPSA) is 29.9 Å². The van der Waals surface area contributed by atoms with Crippen LogP contribution in [0.5, 0.6) is 0 Å². The van der Waals surface area contributed by atoms with Crippen molar-refractivity contribution in [2.45, 2.75) is 40.3 Å². The van der Waals surface area contributed by atoms with Crippen molar-refractivity contribution in [1.82, 2.24) is 15.1 Å². The molecule has 0 fully saturated rings. The molecule has 1 rings (SSSR count). The van der Waals surface area contributed by atoms with E-state index in [9.17, 15) is 0 Å². The molecule has 1 N–H and O–H groups in total. The Labute approximate surface area is 109 Å². The van der Waals surface area contributed by atoms with Crippen molar-refractivity contribution < 1.29 is 0 Å². The molecule has 98 valence electrons. The lowest BCUT2D eigenvalue weighted by Crippen LogP contribution is -2.19. The van der Waals surface area contributed by atoms with E-state index in [4.69, 9.17) is 0 Å². The van der Waals surface area contributed by atoms with Crippen LogP contribution in [0.4, 0.5) is 0 Å². The second-order valence-corrected chi connectivity index (χ2v) is 5.86. The van der Waals surface area contributed by atoms with Crippen molar-refractivity contribution in [3.8, 4) is 0 Å². The quantitative estimate of drug-likeness (QED) is 0.724.